The number of furan rings is 1. The van der Waals surface area contributed by atoms with E-state index in [-0.39, 0.29) is 11.2 Å². The van der Waals surface area contributed by atoms with Crippen LogP contribution in [0.3, 0.4) is 0 Å². The second kappa shape index (κ2) is 4.50. The average Bonchev–Trinajstić information content (AvgIpc) is 2.94. The van der Waals surface area contributed by atoms with Gasteiger partial charge >= 0.3 is 7.12 Å². The molecule has 0 atom stereocenters. The van der Waals surface area contributed by atoms with E-state index in [1.807, 2.05) is 52.0 Å². The summed E-state index contributed by atoms with van der Waals surface area (Å²) in [6.45, 7) is 8.16. The lowest BCUT2D eigenvalue weighted by Gasteiger charge is -2.32. The summed E-state index contributed by atoms with van der Waals surface area (Å²) in [5.41, 5.74) is 2.13. The van der Waals surface area contributed by atoms with Crippen molar-refractivity contribution >= 4 is 12.8 Å². The Morgan fingerprint density at radius 1 is 0.850 bits per heavy atom. The summed E-state index contributed by atoms with van der Waals surface area (Å²) in [6, 6.07) is 12.1. The highest BCUT2D eigenvalue weighted by atomic mass is 16.7. The van der Waals surface area contributed by atoms with Gasteiger partial charge in [0, 0.05) is 5.56 Å². The van der Waals surface area contributed by atoms with Crippen molar-refractivity contribution in [2.45, 2.75) is 38.9 Å². The maximum absolute atomic E-state index is 6.05. The third-order valence-corrected chi connectivity index (χ3v) is 4.25. The molecule has 2 heterocycles. The third kappa shape index (κ3) is 2.09. The van der Waals surface area contributed by atoms with Crippen LogP contribution in [0.1, 0.15) is 27.7 Å². The van der Waals surface area contributed by atoms with Gasteiger partial charge in [0.05, 0.1) is 17.5 Å². The van der Waals surface area contributed by atoms with Crippen LogP contribution in [0.4, 0.5) is 0 Å². The van der Waals surface area contributed by atoms with E-state index in [2.05, 4.69) is 12.1 Å². The van der Waals surface area contributed by atoms with Crippen molar-refractivity contribution in [3.05, 3.63) is 42.7 Å². The van der Waals surface area contributed by atoms with Crippen LogP contribution in [0.15, 0.2) is 47.1 Å². The fourth-order valence-electron chi connectivity index (χ4n) is 2.31. The van der Waals surface area contributed by atoms with Crippen molar-refractivity contribution in [3.63, 3.8) is 0 Å². The van der Waals surface area contributed by atoms with Crippen LogP contribution in [0, 0.1) is 0 Å². The maximum Gasteiger partial charge on any atom is 0.533 e. The zero-order chi connectivity index (χ0) is 14.4. The van der Waals surface area contributed by atoms with Crippen LogP contribution >= 0.6 is 0 Å². The Balaban J connectivity index is 1.96. The van der Waals surface area contributed by atoms with Gasteiger partial charge in [-0.2, -0.15) is 0 Å². The van der Waals surface area contributed by atoms with E-state index in [1.165, 1.54) is 0 Å². The highest BCUT2D eigenvalue weighted by molar-refractivity contribution is 6.62. The van der Waals surface area contributed by atoms with Crippen LogP contribution in [0.2, 0.25) is 0 Å². The van der Waals surface area contributed by atoms with Crippen molar-refractivity contribution in [2.75, 3.05) is 0 Å². The topological polar surface area (TPSA) is 31.6 Å². The molecule has 3 nitrogen and oxygen atoms in total. The summed E-state index contributed by atoms with van der Waals surface area (Å²) in [5.74, 6) is 0. The van der Waals surface area contributed by atoms with E-state index < -0.39 is 7.12 Å². The van der Waals surface area contributed by atoms with E-state index in [1.54, 1.807) is 6.26 Å². The molecule has 1 aromatic carbocycles. The molecule has 0 bridgehead atoms. The van der Waals surface area contributed by atoms with E-state index in [0.29, 0.717) is 0 Å². The van der Waals surface area contributed by atoms with Crippen LogP contribution in [-0.4, -0.2) is 18.3 Å². The molecule has 0 N–H and O–H groups in total. The molecule has 20 heavy (non-hydrogen) atoms. The molecule has 0 saturated carbocycles. The van der Waals surface area contributed by atoms with Gasteiger partial charge in [0.2, 0.25) is 0 Å². The Morgan fingerprint density at radius 3 is 2.05 bits per heavy atom. The molecule has 0 unspecified atom stereocenters. The summed E-state index contributed by atoms with van der Waals surface area (Å²) in [4.78, 5) is 0. The molecule has 0 radical (unpaired) electrons. The Bertz CT molecular complexity index is 585. The molecule has 0 amide bonds. The van der Waals surface area contributed by atoms with Crippen molar-refractivity contribution in [2.24, 2.45) is 0 Å². The standard InChI is InChI=1S/C16H19BO3/c1-15(2)16(3,4)20-17(19-15)14-13(10-11-18-14)12-8-6-5-7-9-12/h5-11H,1-4H3. The Kier molecular flexibility index (Phi) is 3.03. The molecular formula is C16H19BO3. The van der Waals surface area contributed by atoms with Gasteiger partial charge in [-0.05, 0) is 39.3 Å². The van der Waals surface area contributed by atoms with Crippen LogP contribution < -0.4 is 5.66 Å². The molecule has 104 valence electrons. The van der Waals surface area contributed by atoms with Gasteiger partial charge < -0.3 is 13.7 Å². The minimum Gasteiger partial charge on any atom is -0.472 e. The molecule has 1 aliphatic rings. The maximum atomic E-state index is 6.05. The van der Waals surface area contributed by atoms with Gasteiger partial charge in [0.25, 0.3) is 0 Å². The average molecular weight is 270 g/mol. The summed E-state index contributed by atoms with van der Waals surface area (Å²) in [5, 5.41) is 0. The quantitative estimate of drug-likeness (QED) is 0.785. The molecule has 0 aliphatic carbocycles. The van der Waals surface area contributed by atoms with E-state index in [9.17, 15) is 0 Å². The van der Waals surface area contributed by atoms with E-state index in [0.717, 1.165) is 16.8 Å². The first-order valence-corrected chi connectivity index (χ1v) is 6.89. The van der Waals surface area contributed by atoms with Gasteiger partial charge in [-0.25, -0.2) is 0 Å². The summed E-state index contributed by atoms with van der Waals surface area (Å²) in [7, 11) is -0.467. The number of benzene rings is 1. The van der Waals surface area contributed by atoms with Gasteiger partial charge in [0.15, 0.2) is 0 Å². The lowest BCUT2D eigenvalue weighted by molar-refractivity contribution is 0.00578. The van der Waals surface area contributed by atoms with E-state index in [4.69, 9.17) is 13.7 Å². The predicted octanol–water partition coefficient (Wildman–Crippen LogP) is 3.25. The predicted molar refractivity (Wildman–Crippen MR) is 79.9 cm³/mol. The lowest BCUT2D eigenvalue weighted by Crippen LogP contribution is -2.41. The van der Waals surface area contributed by atoms with Crippen molar-refractivity contribution < 1.29 is 13.7 Å². The van der Waals surface area contributed by atoms with Crippen molar-refractivity contribution in [1.82, 2.24) is 0 Å². The largest absolute Gasteiger partial charge is 0.533 e. The fraction of sp³-hybridized carbons (Fsp3) is 0.375. The summed E-state index contributed by atoms with van der Waals surface area (Å²) < 4.78 is 17.7. The van der Waals surface area contributed by atoms with Crippen LogP contribution in [0.25, 0.3) is 11.1 Å². The number of rotatable bonds is 2. The first-order chi connectivity index (χ1) is 9.41. The monoisotopic (exact) mass is 270 g/mol. The van der Waals surface area contributed by atoms with Gasteiger partial charge in [-0.15, -0.1) is 0 Å². The van der Waals surface area contributed by atoms with Crippen LogP contribution in [0.5, 0.6) is 0 Å². The second-order valence-electron chi connectivity index (χ2n) is 6.15. The number of hydrogen-bond acceptors (Lipinski definition) is 3. The first kappa shape index (κ1) is 13.5. The third-order valence-electron chi connectivity index (χ3n) is 4.25. The Hall–Kier alpha value is -1.52. The molecular weight excluding hydrogens is 251 g/mol. The SMILES string of the molecule is CC1(C)OB(c2occc2-c2ccccc2)OC1(C)C. The van der Waals surface area contributed by atoms with Gasteiger partial charge in [-0.1, -0.05) is 30.3 Å². The molecule has 4 heteroatoms. The molecule has 0 spiro atoms. The minimum atomic E-state index is -0.467. The minimum absolute atomic E-state index is 0.363. The van der Waals surface area contributed by atoms with Gasteiger partial charge in [0.1, 0.15) is 5.66 Å². The van der Waals surface area contributed by atoms with E-state index >= 15 is 0 Å². The molecule has 1 fully saturated rings. The zero-order valence-electron chi connectivity index (χ0n) is 12.3. The van der Waals surface area contributed by atoms with Crippen LogP contribution in [-0.2, 0) is 9.31 Å². The lowest BCUT2D eigenvalue weighted by atomic mass is 9.81. The molecule has 2 aromatic rings. The van der Waals surface area contributed by atoms with Gasteiger partial charge in [-0.3, -0.25) is 0 Å². The molecule has 3 rings (SSSR count). The Morgan fingerprint density at radius 2 is 1.45 bits per heavy atom. The van der Waals surface area contributed by atoms with Crippen molar-refractivity contribution in [1.29, 1.82) is 0 Å². The number of hydrogen-bond donors (Lipinski definition) is 0. The zero-order valence-corrected chi connectivity index (χ0v) is 12.3. The summed E-state index contributed by atoms with van der Waals surface area (Å²) >= 11 is 0. The first-order valence-electron chi connectivity index (χ1n) is 6.89. The summed E-state index contributed by atoms with van der Waals surface area (Å²) in [6.07, 6.45) is 1.68. The second-order valence-corrected chi connectivity index (χ2v) is 6.15. The Labute approximate surface area is 120 Å². The normalized spacial score (nSPS) is 20.3. The molecule has 1 aliphatic heterocycles. The fourth-order valence-corrected chi connectivity index (χ4v) is 2.31. The van der Waals surface area contributed by atoms with Crippen molar-refractivity contribution in [3.8, 4) is 11.1 Å². The smallest absolute Gasteiger partial charge is 0.472 e. The highest BCUT2D eigenvalue weighted by Gasteiger charge is 2.53. The molecule has 1 saturated heterocycles. The molecule has 1 aromatic heterocycles. The highest BCUT2D eigenvalue weighted by Crippen LogP contribution is 2.37.